The number of rotatable bonds is 49. The van der Waals surface area contributed by atoms with Crippen molar-refractivity contribution in [1.82, 2.24) is 0 Å². The standard InChI is InChI=1S/C64H102O6/c1-4-7-10-13-16-19-22-24-26-28-30-31-32-33-35-36-38-40-42-45-48-51-54-57-63(66)69-60-61(59-68-62(65)56-53-50-47-44-21-18-15-12-9-6-3)70-64(67)58-55-52-49-46-43-41-39-37-34-29-27-25-23-20-17-14-11-8-5-2/h7-8,10-12,15-17,19-20,24-27,30-31,34,37,41,43,49,52,61H,4-6,9,13-14,18,21-23,28-29,32-33,35-36,38-40,42,44-48,50-51,53-60H2,1-3H3/b10-7-,11-8-,15-12-,19-16-,20-17-,26-24-,27-25-,31-30-,37-34-,43-41-,52-49-. The zero-order valence-electron chi connectivity index (χ0n) is 45.0. The Balaban J connectivity index is 4.43. The van der Waals surface area contributed by atoms with Gasteiger partial charge in [0.2, 0.25) is 0 Å². The van der Waals surface area contributed by atoms with Gasteiger partial charge >= 0.3 is 17.9 Å². The molecule has 0 aromatic carbocycles. The van der Waals surface area contributed by atoms with Crippen LogP contribution in [0.4, 0.5) is 0 Å². The molecule has 0 radical (unpaired) electrons. The topological polar surface area (TPSA) is 78.9 Å². The molecule has 1 unspecified atom stereocenters. The van der Waals surface area contributed by atoms with Crippen molar-refractivity contribution in [1.29, 1.82) is 0 Å². The Morgan fingerprint density at radius 3 is 0.943 bits per heavy atom. The van der Waals surface area contributed by atoms with Crippen LogP contribution >= 0.6 is 0 Å². The molecule has 0 saturated heterocycles. The summed E-state index contributed by atoms with van der Waals surface area (Å²) in [4.78, 5) is 38.0. The van der Waals surface area contributed by atoms with E-state index in [-0.39, 0.29) is 31.6 Å². The molecule has 0 rings (SSSR count). The fourth-order valence-corrected chi connectivity index (χ4v) is 7.23. The second-order valence-corrected chi connectivity index (χ2v) is 18.1. The van der Waals surface area contributed by atoms with E-state index in [9.17, 15) is 14.4 Å². The highest BCUT2D eigenvalue weighted by atomic mass is 16.6. The van der Waals surface area contributed by atoms with Gasteiger partial charge in [0, 0.05) is 19.3 Å². The Morgan fingerprint density at radius 2 is 0.586 bits per heavy atom. The molecule has 394 valence electrons. The van der Waals surface area contributed by atoms with E-state index < -0.39 is 12.1 Å². The number of carbonyl (C=O) groups is 3. The maximum Gasteiger partial charge on any atom is 0.306 e. The van der Waals surface area contributed by atoms with Crippen LogP contribution in [-0.4, -0.2) is 37.2 Å². The second-order valence-electron chi connectivity index (χ2n) is 18.1. The van der Waals surface area contributed by atoms with Gasteiger partial charge in [-0.15, -0.1) is 0 Å². The maximum atomic E-state index is 12.8. The van der Waals surface area contributed by atoms with Crippen LogP contribution in [0.1, 0.15) is 233 Å². The Bertz CT molecular complexity index is 1530. The van der Waals surface area contributed by atoms with E-state index in [0.717, 1.165) is 122 Å². The first-order chi connectivity index (χ1) is 34.5. The molecule has 0 N–H and O–H groups in total. The SMILES string of the molecule is CC/C=C\C/C=C\C/C=C\C/C=C\C/C=C\C/C=C\CCC(=O)OC(COC(=O)CCCCCCC/C=C\CCC)COC(=O)CCCCCCCCCCCC/C=C\C/C=C\C/C=C\C/C=C\CC. The first-order valence-corrected chi connectivity index (χ1v) is 28.2. The first-order valence-electron chi connectivity index (χ1n) is 28.2. The molecule has 0 aliphatic heterocycles. The van der Waals surface area contributed by atoms with Crippen LogP contribution in [0.2, 0.25) is 0 Å². The van der Waals surface area contributed by atoms with Gasteiger partial charge in [0.25, 0.3) is 0 Å². The predicted molar refractivity (Wildman–Crippen MR) is 302 cm³/mol. The van der Waals surface area contributed by atoms with Crippen LogP contribution in [0.25, 0.3) is 0 Å². The highest BCUT2D eigenvalue weighted by molar-refractivity contribution is 5.71. The molecule has 0 amide bonds. The molecule has 0 aliphatic rings. The second kappa shape index (κ2) is 57.1. The van der Waals surface area contributed by atoms with Gasteiger partial charge < -0.3 is 14.2 Å². The Kier molecular flexibility index (Phi) is 53.5. The van der Waals surface area contributed by atoms with Crippen molar-refractivity contribution in [3.05, 3.63) is 134 Å². The summed E-state index contributed by atoms with van der Waals surface area (Å²) in [5.74, 6) is -1.02. The number of unbranched alkanes of at least 4 members (excludes halogenated alkanes) is 16. The zero-order chi connectivity index (χ0) is 50.7. The largest absolute Gasteiger partial charge is 0.462 e. The third-order valence-corrected chi connectivity index (χ3v) is 11.4. The van der Waals surface area contributed by atoms with Gasteiger partial charge in [-0.1, -0.05) is 231 Å². The molecule has 0 aliphatic carbocycles. The third kappa shape index (κ3) is 54.5. The van der Waals surface area contributed by atoms with Crippen LogP contribution in [0, 0.1) is 0 Å². The van der Waals surface area contributed by atoms with E-state index in [1.165, 1.54) is 64.2 Å². The molecule has 0 fully saturated rings. The molecule has 0 spiro atoms. The molecule has 6 heteroatoms. The predicted octanol–water partition coefficient (Wildman–Crippen LogP) is 19.0. The van der Waals surface area contributed by atoms with Crippen molar-refractivity contribution in [3.8, 4) is 0 Å². The van der Waals surface area contributed by atoms with Gasteiger partial charge in [0.1, 0.15) is 13.2 Å². The van der Waals surface area contributed by atoms with Crippen LogP contribution in [-0.2, 0) is 28.6 Å². The van der Waals surface area contributed by atoms with Crippen molar-refractivity contribution < 1.29 is 28.6 Å². The minimum atomic E-state index is -0.828. The summed E-state index contributed by atoms with van der Waals surface area (Å²) in [6, 6.07) is 0. The van der Waals surface area contributed by atoms with Gasteiger partial charge in [0.15, 0.2) is 6.10 Å². The molecule has 6 nitrogen and oxygen atoms in total. The normalized spacial score (nSPS) is 13.1. The van der Waals surface area contributed by atoms with Crippen molar-refractivity contribution in [2.45, 2.75) is 239 Å². The van der Waals surface area contributed by atoms with Crippen LogP contribution in [0.15, 0.2) is 134 Å². The van der Waals surface area contributed by atoms with E-state index >= 15 is 0 Å². The smallest absolute Gasteiger partial charge is 0.306 e. The summed E-state index contributed by atoms with van der Waals surface area (Å²) in [5, 5.41) is 0. The number of esters is 3. The van der Waals surface area contributed by atoms with Crippen molar-refractivity contribution in [2.24, 2.45) is 0 Å². The van der Waals surface area contributed by atoms with Gasteiger partial charge in [0.05, 0.1) is 0 Å². The van der Waals surface area contributed by atoms with Crippen molar-refractivity contribution in [2.75, 3.05) is 13.2 Å². The fraction of sp³-hybridized carbons (Fsp3) is 0.609. The lowest BCUT2D eigenvalue weighted by Crippen LogP contribution is -2.30. The van der Waals surface area contributed by atoms with Gasteiger partial charge in [-0.25, -0.2) is 0 Å². The fourth-order valence-electron chi connectivity index (χ4n) is 7.23. The molecule has 0 saturated carbocycles. The molecular formula is C64H102O6. The monoisotopic (exact) mass is 967 g/mol. The Labute approximate surface area is 430 Å². The average molecular weight is 968 g/mol. The van der Waals surface area contributed by atoms with E-state index in [1.807, 2.05) is 12.2 Å². The molecule has 0 aromatic heterocycles. The Morgan fingerprint density at radius 1 is 0.300 bits per heavy atom. The van der Waals surface area contributed by atoms with Gasteiger partial charge in [-0.3, -0.25) is 14.4 Å². The molecule has 0 aromatic rings. The van der Waals surface area contributed by atoms with Crippen molar-refractivity contribution >= 4 is 17.9 Å². The quantitative estimate of drug-likeness (QED) is 0.0262. The molecule has 1 atom stereocenters. The minimum absolute atomic E-state index is 0.117. The van der Waals surface area contributed by atoms with E-state index in [2.05, 4.69) is 142 Å². The maximum absolute atomic E-state index is 12.8. The summed E-state index contributed by atoms with van der Waals surface area (Å²) in [7, 11) is 0. The highest BCUT2D eigenvalue weighted by Gasteiger charge is 2.19. The van der Waals surface area contributed by atoms with Crippen LogP contribution in [0.5, 0.6) is 0 Å². The first kappa shape index (κ1) is 65.5. The number of hydrogen-bond acceptors (Lipinski definition) is 6. The number of carbonyl (C=O) groups excluding carboxylic acids is 3. The molecule has 70 heavy (non-hydrogen) atoms. The van der Waals surface area contributed by atoms with Crippen LogP contribution < -0.4 is 0 Å². The molecule has 0 heterocycles. The van der Waals surface area contributed by atoms with Gasteiger partial charge in [-0.2, -0.15) is 0 Å². The summed E-state index contributed by atoms with van der Waals surface area (Å²) in [5.41, 5.74) is 0. The number of ether oxygens (including phenoxy) is 3. The third-order valence-electron chi connectivity index (χ3n) is 11.4. The van der Waals surface area contributed by atoms with E-state index in [4.69, 9.17) is 14.2 Å². The lowest BCUT2D eigenvalue weighted by atomic mass is 10.1. The van der Waals surface area contributed by atoms with Gasteiger partial charge in [-0.05, 0) is 116 Å². The summed E-state index contributed by atoms with van der Waals surface area (Å²) in [6.07, 6.45) is 80.3. The summed E-state index contributed by atoms with van der Waals surface area (Å²) >= 11 is 0. The number of hydrogen-bond donors (Lipinski definition) is 0. The average Bonchev–Trinajstić information content (AvgIpc) is 3.36. The summed E-state index contributed by atoms with van der Waals surface area (Å²) in [6.45, 7) is 6.27. The zero-order valence-corrected chi connectivity index (χ0v) is 45.0. The molecule has 0 bridgehead atoms. The van der Waals surface area contributed by atoms with E-state index in [1.54, 1.807) is 0 Å². The Hall–Kier alpha value is -4.45. The molecular weight excluding hydrogens is 865 g/mol. The van der Waals surface area contributed by atoms with Crippen molar-refractivity contribution in [3.63, 3.8) is 0 Å². The minimum Gasteiger partial charge on any atom is -0.462 e. The van der Waals surface area contributed by atoms with Crippen LogP contribution in [0.3, 0.4) is 0 Å². The summed E-state index contributed by atoms with van der Waals surface area (Å²) < 4.78 is 16.7. The lowest BCUT2D eigenvalue weighted by Gasteiger charge is -2.18. The number of allylic oxidation sites excluding steroid dienone is 22. The highest BCUT2D eigenvalue weighted by Crippen LogP contribution is 2.14. The lowest BCUT2D eigenvalue weighted by molar-refractivity contribution is -0.166. The van der Waals surface area contributed by atoms with E-state index in [0.29, 0.717) is 19.3 Å².